The second-order valence-electron chi connectivity index (χ2n) is 3.04. The number of H-pyrrole nitrogens is 1. The van der Waals surface area contributed by atoms with E-state index in [0.717, 1.165) is 16.5 Å². The van der Waals surface area contributed by atoms with Gasteiger partial charge in [0.2, 0.25) is 5.90 Å². The Kier molecular flexibility index (Phi) is 3.74. The van der Waals surface area contributed by atoms with Crippen molar-refractivity contribution in [3.8, 4) is 0 Å². The Morgan fingerprint density at radius 3 is 2.93 bits per heavy atom. The number of hydrogen-bond acceptors (Lipinski definition) is 2. The molecule has 0 spiro atoms. The molecule has 0 radical (unpaired) electrons. The Bertz CT molecular complexity index is 464. The van der Waals surface area contributed by atoms with Crippen molar-refractivity contribution in [2.24, 2.45) is 0 Å². The topological polar surface area (TPSA) is 48.9 Å². The lowest BCUT2D eigenvalue weighted by Gasteiger charge is -2.04. The Morgan fingerprint density at radius 1 is 1.40 bits per heavy atom. The molecule has 1 aromatic carbocycles. The molecule has 80 valence electrons. The summed E-state index contributed by atoms with van der Waals surface area (Å²) in [6, 6.07) is 7.81. The zero-order valence-electron chi connectivity index (χ0n) is 8.41. The molecule has 1 aromatic heterocycles. The van der Waals surface area contributed by atoms with E-state index in [1.165, 1.54) is 0 Å². The van der Waals surface area contributed by atoms with Crippen molar-refractivity contribution < 1.29 is 4.74 Å². The first kappa shape index (κ1) is 11.6. The van der Waals surface area contributed by atoms with Gasteiger partial charge in [0, 0.05) is 17.3 Å². The molecule has 3 nitrogen and oxygen atoms in total. The zero-order valence-corrected chi connectivity index (χ0v) is 9.23. The minimum Gasteiger partial charge on any atom is -0.478 e. The second kappa shape index (κ2) is 4.84. The van der Waals surface area contributed by atoms with Gasteiger partial charge in [-0.25, -0.2) is 0 Å². The van der Waals surface area contributed by atoms with Crippen LogP contribution in [-0.2, 0) is 4.74 Å². The van der Waals surface area contributed by atoms with Gasteiger partial charge in [-0.15, -0.1) is 12.4 Å². The number of benzene rings is 1. The SMILES string of the molecule is CCOC(=N)c1ccc2cc[nH]c2c1.Cl. The van der Waals surface area contributed by atoms with Gasteiger partial charge in [-0.1, -0.05) is 6.07 Å². The van der Waals surface area contributed by atoms with Crippen LogP contribution in [0.4, 0.5) is 0 Å². The Labute approximate surface area is 94.4 Å². The van der Waals surface area contributed by atoms with Gasteiger partial charge in [-0.05, 0) is 30.5 Å². The van der Waals surface area contributed by atoms with Crippen LogP contribution in [-0.4, -0.2) is 17.5 Å². The van der Waals surface area contributed by atoms with Crippen molar-refractivity contribution in [3.63, 3.8) is 0 Å². The van der Waals surface area contributed by atoms with E-state index in [9.17, 15) is 0 Å². The van der Waals surface area contributed by atoms with Gasteiger partial charge in [0.05, 0.1) is 6.61 Å². The highest BCUT2D eigenvalue weighted by molar-refractivity contribution is 5.95. The lowest BCUT2D eigenvalue weighted by molar-refractivity contribution is 0.325. The zero-order chi connectivity index (χ0) is 9.97. The molecule has 0 aliphatic heterocycles. The van der Waals surface area contributed by atoms with Gasteiger partial charge in [0.15, 0.2) is 0 Å². The molecule has 0 bridgehead atoms. The number of aromatic nitrogens is 1. The smallest absolute Gasteiger partial charge is 0.213 e. The van der Waals surface area contributed by atoms with Crippen molar-refractivity contribution in [2.45, 2.75) is 6.92 Å². The van der Waals surface area contributed by atoms with Gasteiger partial charge in [0.1, 0.15) is 0 Å². The van der Waals surface area contributed by atoms with Crippen LogP contribution in [0.2, 0.25) is 0 Å². The number of fused-ring (bicyclic) bond motifs is 1. The molecule has 1 heterocycles. The highest BCUT2D eigenvalue weighted by Gasteiger charge is 2.02. The first-order valence-electron chi connectivity index (χ1n) is 4.60. The van der Waals surface area contributed by atoms with Crippen LogP contribution < -0.4 is 0 Å². The lowest BCUT2D eigenvalue weighted by Crippen LogP contribution is -2.04. The molecule has 0 aliphatic rings. The quantitative estimate of drug-likeness (QED) is 0.598. The normalized spacial score (nSPS) is 9.67. The van der Waals surface area contributed by atoms with E-state index in [4.69, 9.17) is 10.1 Å². The summed E-state index contributed by atoms with van der Waals surface area (Å²) >= 11 is 0. The fourth-order valence-corrected chi connectivity index (χ4v) is 1.42. The maximum Gasteiger partial charge on any atom is 0.213 e. The van der Waals surface area contributed by atoms with Crippen LogP contribution in [0.15, 0.2) is 30.5 Å². The van der Waals surface area contributed by atoms with Gasteiger partial charge in [-0.2, -0.15) is 0 Å². The summed E-state index contributed by atoms with van der Waals surface area (Å²) in [5.74, 6) is 0.226. The van der Waals surface area contributed by atoms with Gasteiger partial charge in [-0.3, -0.25) is 5.41 Å². The molecule has 0 atom stereocenters. The Balaban J connectivity index is 0.00000112. The average Bonchev–Trinajstić information content (AvgIpc) is 2.64. The van der Waals surface area contributed by atoms with E-state index < -0.39 is 0 Å². The first-order chi connectivity index (χ1) is 6.81. The highest BCUT2D eigenvalue weighted by Crippen LogP contribution is 2.14. The predicted molar refractivity (Wildman–Crippen MR) is 64.0 cm³/mol. The minimum atomic E-state index is 0. The van der Waals surface area contributed by atoms with Gasteiger partial charge in [0.25, 0.3) is 0 Å². The van der Waals surface area contributed by atoms with Crippen molar-refractivity contribution in [1.82, 2.24) is 4.98 Å². The molecule has 0 aliphatic carbocycles. The molecule has 0 saturated carbocycles. The van der Waals surface area contributed by atoms with Crippen LogP contribution in [0, 0.1) is 5.41 Å². The van der Waals surface area contributed by atoms with Crippen LogP contribution >= 0.6 is 12.4 Å². The largest absolute Gasteiger partial charge is 0.478 e. The number of aromatic amines is 1. The van der Waals surface area contributed by atoms with E-state index in [1.54, 1.807) is 0 Å². The third kappa shape index (κ3) is 2.30. The van der Waals surface area contributed by atoms with Crippen LogP contribution in [0.25, 0.3) is 10.9 Å². The first-order valence-corrected chi connectivity index (χ1v) is 4.60. The van der Waals surface area contributed by atoms with Crippen molar-refractivity contribution in [2.75, 3.05) is 6.61 Å². The van der Waals surface area contributed by atoms with Gasteiger partial charge >= 0.3 is 0 Å². The molecule has 0 saturated heterocycles. The molecular weight excluding hydrogens is 212 g/mol. The molecule has 0 unspecified atom stereocenters. The summed E-state index contributed by atoms with van der Waals surface area (Å²) in [7, 11) is 0. The third-order valence-electron chi connectivity index (χ3n) is 2.11. The van der Waals surface area contributed by atoms with Gasteiger partial charge < -0.3 is 9.72 Å². The predicted octanol–water partition coefficient (Wildman–Crippen LogP) is 2.95. The van der Waals surface area contributed by atoms with E-state index in [0.29, 0.717) is 6.61 Å². The minimum absolute atomic E-state index is 0. The summed E-state index contributed by atoms with van der Waals surface area (Å²) in [5.41, 5.74) is 1.84. The number of rotatable bonds is 2. The fraction of sp³-hybridized carbons (Fsp3) is 0.182. The lowest BCUT2D eigenvalue weighted by atomic mass is 10.1. The Morgan fingerprint density at radius 2 is 2.20 bits per heavy atom. The average molecular weight is 225 g/mol. The maximum atomic E-state index is 7.62. The standard InChI is InChI=1S/C11H12N2O.ClH/c1-2-14-11(12)9-4-3-8-5-6-13-10(8)7-9;/h3-7,12-13H,2H2,1H3;1H. The van der Waals surface area contributed by atoms with E-state index in [2.05, 4.69) is 4.98 Å². The summed E-state index contributed by atoms with van der Waals surface area (Å²) in [4.78, 5) is 3.10. The van der Waals surface area contributed by atoms with Crippen LogP contribution in [0.3, 0.4) is 0 Å². The monoisotopic (exact) mass is 224 g/mol. The van der Waals surface area contributed by atoms with Crippen LogP contribution in [0.5, 0.6) is 0 Å². The summed E-state index contributed by atoms with van der Waals surface area (Å²) in [6.07, 6.45) is 1.89. The molecule has 2 rings (SSSR count). The third-order valence-corrected chi connectivity index (χ3v) is 2.11. The molecule has 0 fully saturated rings. The molecular formula is C11H13ClN2O. The molecule has 4 heteroatoms. The number of hydrogen-bond donors (Lipinski definition) is 2. The molecule has 2 N–H and O–H groups in total. The number of ether oxygens (including phenoxy) is 1. The van der Waals surface area contributed by atoms with E-state index in [-0.39, 0.29) is 18.3 Å². The van der Waals surface area contributed by atoms with Crippen molar-refractivity contribution >= 4 is 29.2 Å². The fourth-order valence-electron chi connectivity index (χ4n) is 1.42. The Hall–Kier alpha value is -1.48. The molecule has 15 heavy (non-hydrogen) atoms. The summed E-state index contributed by atoms with van der Waals surface area (Å²) < 4.78 is 5.12. The molecule has 2 aromatic rings. The van der Waals surface area contributed by atoms with E-state index >= 15 is 0 Å². The summed E-state index contributed by atoms with van der Waals surface area (Å²) in [5, 5.41) is 8.77. The summed E-state index contributed by atoms with van der Waals surface area (Å²) in [6.45, 7) is 2.41. The van der Waals surface area contributed by atoms with Crippen molar-refractivity contribution in [3.05, 3.63) is 36.0 Å². The number of nitrogens with one attached hydrogen (secondary N) is 2. The van der Waals surface area contributed by atoms with Crippen LogP contribution in [0.1, 0.15) is 12.5 Å². The second-order valence-corrected chi connectivity index (χ2v) is 3.04. The number of halogens is 1. The molecule has 0 amide bonds. The van der Waals surface area contributed by atoms with Crippen molar-refractivity contribution in [1.29, 1.82) is 5.41 Å². The highest BCUT2D eigenvalue weighted by atomic mass is 35.5. The maximum absolute atomic E-state index is 7.62. The van der Waals surface area contributed by atoms with E-state index in [1.807, 2.05) is 37.4 Å².